The molecule has 0 saturated heterocycles. The summed E-state index contributed by atoms with van der Waals surface area (Å²) in [6.45, 7) is 3.48. The molecular weight excluding hydrogens is 262 g/mol. The first-order chi connectivity index (χ1) is 9.06. The molecule has 0 spiro atoms. The summed E-state index contributed by atoms with van der Waals surface area (Å²) in [7, 11) is 1.90. The number of rotatable bonds is 6. The van der Waals surface area contributed by atoms with Crippen molar-refractivity contribution in [2.24, 2.45) is 7.05 Å². The maximum absolute atomic E-state index is 10.9. The van der Waals surface area contributed by atoms with Gasteiger partial charge in [0.2, 0.25) is 0 Å². The maximum atomic E-state index is 10.9. The number of nitrogens with zero attached hydrogens (tertiary/aromatic N) is 2. The Hall–Kier alpha value is -1.66. The monoisotopic (exact) mass is 279 g/mol. The van der Waals surface area contributed by atoms with Crippen molar-refractivity contribution in [2.75, 3.05) is 6.54 Å². The number of carboxylic acids is 1. The van der Waals surface area contributed by atoms with Gasteiger partial charge in [-0.15, -0.1) is 11.3 Å². The fraction of sp³-hybridized carbons (Fsp3) is 0.385. The van der Waals surface area contributed by atoms with Crippen molar-refractivity contribution < 1.29 is 9.90 Å². The van der Waals surface area contributed by atoms with Crippen molar-refractivity contribution in [3.05, 3.63) is 39.3 Å². The zero-order valence-electron chi connectivity index (χ0n) is 11.0. The standard InChI is InChI=1S/C13H17N3O2S/c1-9-10(7-12(19-9)13(17)18)8-14-5-3-11-4-6-16(2)15-11/h4,6-7,14H,3,5,8H2,1-2H3,(H,17,18). The van der Waals surface area contributed by atoms with E-state index in [1.165, 1.54) is 11.3 Å². The second-order valence-corrected chi connectivity index (χ2v) is 5.66. The maximum Gasteiger partial charge on any atom is 0.345 e. The van der Waals surface area contributed by atoms with Crippen LogP contribution in [0.5, 0.6) is 0 Å². The van der Waals surface area contributed by atoms with E-state index in [9.17, 15) is 4.79 Å². The molecular formula is C13H17N3O2S. The first-order valence-electron chi connectivity index (χ1n) is 6.08. The average molecular weight is 279 g/mol. The van der Waals surface area contributed by atoms with Crippen LogP contribution in [0.4, 0.5) is 0 Å². The van der Waals surface area contributed by atoms with Crippen LogP contribution in [0.15, 0.2) is 18.3 Å². The van der Waals surface area contributed by atoms with E-state index in [-0.39, 0.29) is 0 Å². The molecule has 0 aromatic carbocycles. The molecule has 6 heteroatoms. The Morgan fingerprint density at radius 1 is 1.58 bits per heavy atom. The average Bonchev–Trinajstić information content (AvgIpc) is 2.92. The molecule has 0 atom stereocenters. The van der Waals surface area contributed by atoms with E-state index in [0.29, 0.717) is 11.4 Å². The molecule has 2 N–H and O–H groups in total. The van der Waals surface area contributed by atoms with Gasteiger partial charge in [0.25, 0.3) is 0 Å². The van der Waals surface area contributed by atoms with E-state index in [1.807, 2.05) is 26.2 Å². The van der Waals surface area contributed by atoms with E-state index in [4.69, 9.17) is 5.11 Å². The van der Waals surface area contributed by atoms with E-state index in [2.05, 4.69) is 10.4 Å². The van der Waals surface area contributed by atoms with Crippen LogP contribution in [0.3, 0.4) is 0 Å². The molecule has 102 valence electrons. The number of carboxylic acid groups (broad SMARTS) is 1. The number of hydrogen-bond donors (Lipinski definition) is 2. The largest absolute Gasteiger partial charge is 0.477 e. The van der Waals surface area contributed by atoms with Crippen molar-refractivity contribution in [3.8, 4) is 0 Å². The predicted molar refractivity (Wildman–Crippen MR) is 74.6 cm³/mol. The van der Waals surface area contributed by atoms with Gasteiger partial charge in [-0.1, -0.05) is 0 Å². The smallest absolute Gasteiger partial charge is 0.345 e. The quantitative estimate of drug-likeness (QED) is 0.792. The number of aryl methyl sites for hydroxylation is 2. The number of nitrogens with one attached hydrogen (secondary N) is 1. The molecule has 0 unspecified atom stereocenters. The fourth-order valence-corrected chi connectivity index (χ4v) is 2.72. The first-order valence-corrected chi connectivity index (χ1v) is 6.90. The van der Waals surface area contributed by atoms with E-state index >= 15 is 0 Å². The highest BCUT2D eigenvalue weighted by Gasteiger charge is 2.10. The third-order valence-electron chi connectivity index (χ3n) is 2.87. The lowest BCUT2D eigenvalue weighted by molar-refractivity contribution is 0.0702. The van der Waals surface area contributed by atoms with Crippen LogP contribution < -0.4 is 5.32 Å². The number of thiophene rings is 1. The molecule has 0 aliphatic heterocycles. The number of aromatic carboxylic acids is 1. The highest BCUT2D eigenvalue weighted by atomic mass is 32.1. The summed E-state index contributed by atoms with van der Waals surface area (Å²) < 4.78 is 1.79. The van der Waals surface area contributed by atoms with Crippen LogP contribution in [0, 0.1) is 6.92 Å². The summed E-state index contributed by atoms with van der Waals surface area (Å²) in [4.78, 5) is 12.3. The molecule has 2 rings (SSSR count). The molecule has 0 radical (unpaired) electrons. The minimum absolute atomic E-state index is 0.402. The number of aromatic nitrogens is 2. The van der Waals surface area contributed by atoms with Gasteiger partial charge in [-0.05, 0) is 24.6 Å². The molecule has 2 aromatic heterocycles. The minimum Gasteiger partial charge on any atom is -0.477 e. The Bertz CT molecular complexity index is 574. The predicted octanol–water partition coefficient (Wildman–Crippen LogP) is 1.82. The van der Waals surface area contributed by atoms with Crippen LogP contribution in [0.1, 0.15) is 25.8 Å². The molecule has 2 aromatic rings. The lowest BCUT2D eigenvalue weighted by Gasteiger charge is -2.02. The van der Waals surface area contributed by atoms with Crippen LogP contribution in [-0.2, 0) is 20.0 Å². The summed E-state index contributed by atoms with van der Waals surface area (Å²) in [6, 6.07) is 3.75. The SMILES string of the molecule is Cc1sc(C(=O)O)cc1CNCCc1ccn(C)n1. The zero-order chi connectivity index (χ0) is 13.8. The van der Waals surface area contributed by atoms with E-state index in [1.54, 1.807) is 10.7 Å². The van der Waals surface area contributed by atoms with Crippen LogP contribution in [-0.4, -0.2) is 27.4 Å². The second kappa shape index (κ2) is 5.99. The van der Waals surface area contributed by atoms with Gasteiger partial charge in [0, 0.05) is 37.6 Å². The van der Waals surface area contributed by atoms with Crippen molar-refractivity contribution >= 4 is 17.3 Å². The van der Waals surface area contributed by atoms with Gasteiger partial charge in [-0.2, -0.15) is 5.10 Å². The lowest BCUT2D eigenvalue weighted by atomic mass is 10.2. The Morgan fingerprint density at radius 2 is 2.37 bits per heavy atom. The Morgan fingerprint density at radius 3 is 2.95 bits per heavy atom. The van der Waals surface area contributed by atoms with Crippen molar-refractivity contribution in [1.82, 2.24) is 15.1 Å². The molecule has 0 bridgehead atoms. The van der Waals surface area contributed by atoms with Crippen LogP contribution >= 0.6 is 11.3 Å². The molecule has 2 heterocycles. The summed E-state index contributed by atoms with van der Waals surface area (Å²) >= 11 is 1.32. The van der Waals surface area contributed by atoms with Gasteiger partial charge in [0.1, 0.15) is 4.88 Å². The van der Waals surface area contributed by atoms with Gasteiger partial charge in [-0.25, -0.2) is 4.79 Å². The fourth-order valence-electron chi connectivity index (χ4n) is 1.84. The molecule has 0 fully saturated rings. The highest BCUT2D eigenvalue weighted by molar-refractivity contribution is 7.14. The van der Waals surface area contributed by atoms with Gasteiger partial charge in [0.15, 0.2) is 0 Å². The molecule has 0 saturated carbocycles. The van der Waals surface area contributed by atoms with Crippen molar-refractivity contribution in [3.63, 3.8) is 0 Å². The van der Waals surface area contributed by atoms with Crippen LogP contribution in [0.25, 0.3) is 0 Å². The summed E-state index contributed by atoms with van der Waals surface area (Å²) in [5.41, 5.74) is 2.12. The van der Waals surface area contributed by atoms with Crippen molar-refractivity contribution in [1.29, 1.82) is 0 Å². The van der Waals surface area contributed by atoms with E-state index < -0.39 is 5.97 Å². The molecule has 0 amide bonds. The van der Waals surface area contributed by atoms with Gasteiger partial charge >= 0.3 is 5.97 Å². The third kappa shape index (κ3) is 3.65. The van der Waals surface area contributed by atoms with Crippen LogP contribution in [0.2, 0.25) is 0 Å². The normalized spacial score (nSPS) is 10.8. The molecule has 19 heavy (non-hydrogen) atoms. The Labute approximate surface area is 115 Å². The van der Waals surface area contributed by atoms with E-state index in [0.717, 1.165) is 29.1 Å². The summed E-state index contributed by atoms with van der Waals surface area (Å²) in [5.74, 6) is -0.854. The van der Waals surface area contributed by atoms with Gasteiger partial charge in [0.05, 0.1) is 5.69 Å². The van der Waals surface area contributed by atoms with Gasteiger partial charge < -0.3 is 10.4 Å². The topological polar surface area (TPSA) is 67.2 Å². The number of carbonyl (C=O) groups is 1. The second-order valence-electron chi connectivity index (χ2n) is 4.40. The lowest BCUT2D eigenvalue weighted by Crippen LogP contribution is -2.17. The minimum atomic E-state index is -0.854. The summed E-state index contributed by atoms with van der Waals surface area (Å²) in [5, 5.41) is 16.5. The third-order valence-corrected chi connectivity index (χ3v) is 3.95. The molecule has 0 aliphatic carbocycles. The summed E-state index contributed by atoms with van der Waals surface area (Å²) in [6.07, 6.45) is 2.80. The Kier molecular flexibility index (Phi) is 4.34. The zero-order valence-corrected chi connectivity index (χ0v) is 11.8. The van der Waals surface area contributed by atoms with Crippen molar-refractivity contribution in [2.45, 2.75) is 19.9 Å². The Balaban J connectivity index is 1.81. The number of hydrogen-bond acceptors (Lipinski definition) is 4. The molecule has 0 aliphatic rings. The highest BCUT2D eigenvalue weighted by Crippen LogP contribution is 2.21. The van der Waals surface area contributed by atoms with Gasteiger partial charge in [-0.3, -0.25) is 4.68 Å². The molecule has 5 nitrogen and oxygen atoms in total. The first kappa shape index (κ1) is 13.8.